The van der Waals surface area contributed by atoms with Gasteiger partial charge in [-0.05, 0) is 22.0 Å². The minimum atomic E-state index is -0.961. The van der Waals surface area contributed by atoms with Crippen molar-refractivity contribution in [1.82, 2.24) is 19.8 Å². The van der Waals surface area contributed by atoms with Crippen molar-refractivity contribution in [3.05, 3.63) is 21.4 Å². The van der Waals surface area contributed by atoms with Gasteiger partial charge in [-0.1, -0.05) is 11.6 Å². The number of aromatic nitrogens is 2. The van der Waals surface area contributed by atoms with Gasteiger partial charge in [0.2, 0.25) is 0 Å². The third kappa shape index (κ3) is 4.94. The molecule has 0 bridgehead atoms. The molecule has 168 valence electrons. The summed E-state index contributed by atoms with van der Waals surface area (Å²) in [5.41, 5.74) is 0.100. The van der Waals surface area contributed by atoms with Gasteiger partial charge in [0.25, 0.3) is 0 Å². The minimum Gasteiger partial charge on any atom is -0.465 e. The highest BCUT2D eigenvalue weighted by Gasteiger charge is 2.25. The quantitative estimate of drug-likeness (QED) is 0.604. The number of fused-ring (bicyclic) bond motifs is 1. The first-order chi connectivity index (χ1) is 14.9. The average Bonchev–Trinajstić information content (AvgIpc) is 2.78. The zero-order valence-corrected chi connectivity index (χ0v) is 19.0. The molecule has 2 aliphatic rings. The zero-order chi connectivity index (χ0) is 22.0. The fourth-order valence-electron chi connectivity index (χ4n) is 3.64. The fraction of sp³-hybridized carbons (Fsp3) is 0.526. The number of carbonyl (C=O) groups is 1. The number of benzene rings is 1. The minimum absolute atomic E-state index is 0.0737. The number of ether oxygens (including phenoxy) is 2. The Kier molecular flexibility index (Phi) is 6.95. The number of rotatable bonds is 5. The predicted octanol–water partition coefficient (Wildman–Crippen LogP) is 2.70. The number of nitrogens with zero attached hydrogens (tertiary/aromatic N) is 5. The van der Waals surface area contributed by atoms with Crippen molar-refractivity contribution in [3.63, 3.8) is 0 Å². The Morgan fingerprint density at radius 3 is 2.61 bits per heavy atom. The van der Waals surface area contributed by atoms with E-state index in [1.54, 1.807) is 6.07 Å². The molecule has 2 saturated heterocycles. The van der Waals surface area contributed by atoms with Gasteiger partial charge in [0.05, 0.1) is 22.7 Å². The lowest BCUT2D eigenvalue weighted by molar-refractivity contribution is 0.0317. The van der Waals surface area contributed by atoms with Gasteiger partial charge in [-0.15, -0.1) is 0 Å². The molecule has 0 saturated carbocycles. The first-order valence-corrected chi connectivity index (χ1v) is 11.1. The van der Waals surface area contributed by atoms with Crippen molar-refractivity contribution in [2.24, 2.45) is 0 Å². The second-order valence-corrected chi connectivity index (χ2v) is 8.47. The summed E-state index contributed by atoms with van der Waals surface area (Å²) < 4.78 is 26.2. The zero-order valence-electron chi connectivity index (χ0n) is 16.7. The highest BCUT2D eigenvalue weighted by Crippen LogP contribution is 2.36. The monoisotopic (exact) mass is 517 g/mol. The molecule has 0 aliphatic carbocycles. The molecule has 31 heavy (non-hydrogen) atoms. The molecule has 0 unspecified atom stereocenters. The van der Waals surface area contributed by atoms with Crippen LogP contribution in [0, 0.1) is 5.82 Å². The third-order valence-corrected chi connectivity index (χ3v) is 6.68. The van der Waals surface area contributed by atoms with Crippen molar-refractivity contribution in [1.29, 1.82) is 0 Å². The van der Waals surface area contributed by atoms with E-state index in [-0.39, 0.29) is 21.0 Å². The number of amides is 1. The maximum Gasteiger partial charge on any atom is 0.407 e. The largest absolute Gasteiger partial charge is 0.465 e. The molecule has 2 fully saturated rings. The van der Waals surface area contributed by atoms with Gasteiger partial charge in [-0.3, -0.25) is 4.90 Å². The van der Waals surface area contributed by atoms with Crippen LogP contribution in [-0.4, -0.2) is 96.6 Å². The van der Waals surface area contributed by atoms with E-state index in [1.165, 1.54) is 4.90 Å². The SMILES string of the molecule is O=C(O)N1CCN(c2nc(OCCN3CCOCC3)nc3c(F)c(Br)c(Cl)cc23)CC1. The molecule has 9 nitrogen and oxygen atoms in total. The van der Waals surface area contributed by atoms with E-state index in [4.69, 9.17) is 21.1 Å². The number of piperazine rings is 1. The first kappa shape index (κ1) is 22.3. The number of halogens is 3. The molecule has 0 radical (unpaired) electrons. The molecule has 4 rings (SSSR count). The summed E-state index contributed by atoms with van der Waals surface area (Å²) in [5.74, 6) is -0.113. The maximum atomic E-state index is 15.0. The van der Waals surface area contributed by atoms with E-state index in [2.05, 4.69) is 30.8 Å². The predicted molar refractivity (Wildman–Crippen MR) is 117 cm³/mol. The highest BCUT2D eigenvalue weighted by atomic mass is 79.9. The van der Waals surface area contributed by atoms with E-state index >= 15 is 0 Å². The van der Waals surface area contributed by atoms with Gasteiger partial charge in [-0.2, -0.15) is 9.97 Å². The van der Waals surface area contributed by atoms with Gasteiger partial charge in [0, 0.05) is 51.2 Å². The van der Waals surface area contributed by atoms with Crippen LogP contribution >= 0.6 is 27.5 Å². The molecule has 0 atom stereocenters. The number of hydrogen-bond donors (Lipinski definition) is 1. The lowest BCUT2D eigenvalue weighted by Gasteiger charge is -2.34. The van der Waals surface area contributed by atoms with Crippen LogP contribution in [0.3, 0.4) is 0 Å². The second-order valence-electron chi connectivity index (χ2n) is 7.27. The van der Waals surface area contributed by atoms with Gasteiger partial charge in [0.1, 0.15) is 17.9 Å². The first-order valence-electron chi connectivity index (χ1n) is 9.95. The fourth-order valence-corrected chi connectivity index (χ4v) is 4.14. The standard InChI is InChI=1S/C19H22BrClFN5O4/c20-14-13(21)11-12-16(15(14)22)23-18(31-10-7-25-5-8-30-9-6-25)24-17(12)26-1-3-27(4-2-26)19(28)29/h11H,1-10H2,(H,28,29). The van der Waals surface area contributed by atoms with E-state index in [1.807, 2.05) is 4.90 Å². The summed E-state index contributed by atoms with van der Waals surface area (Å²) in [7, 11) is 0. The van der Waals surface area contributed by atoms with E-state index in [0.29, 0.717) is 63.7 Å². The van der Waals surface area contributed by atoms with Crippen LogP contribution < -0.4 is 9.64 Å². The number of hydrogen-bond acceptors (Lipinski definition) is 7. The Labute approximate surface area is 191 Å². The molecule has 1 aromatic carbocycles. The lowest BCUT2D eigenvalue weighted by atomic mass is 10.2. The molecule has 2 aliphatic heterocycles. The van der Waals surface area contributed by atoms with Crippen molar-refractivity contribution in [3.8, 4) is 6.01 Å². The van der Waals surface area contributed by atoms with Gasteiger partial charge < -0.3 is 24.4 Å². The van der Waals surface area contributed by atoms with Crippen LogP contribution in [-0.2, 0) is 4.74 Å². The van der Waals surface area contributed by atoms with Crippen LogP contribution in [0.4, 0.5) is 15.0 Å². The Morgan fingerprint density at radius 1 is 1.23 bits per heavy atom. The van der Waals surface area contributed by atoms with Crippen LogP contribution in [0.15, 0.2) is 10.5 Å². The highest BCUT2D eigenvalue weighted by molar-refractivity contribution is 9.10. The van der Waals surface area contributed by atoms with Crippen LogP contribution in [0.2, 0.25) is 5.02 Å². The van der Waals surface area contributed by atoms with Crippen molar-refractivity contribution in [2.45, 2.75) is 0 Å². The third-order valence-electron chi connectivity index (χ3n) is 5.38. The smallest absolute Gasteiger partial charge is 0.407 e. The maximum absolute atomic E-state index is 15.0. The number of anilines is 1. The molecule has 2 aromatic rings. The molecule has 3 heterocycles. The molecular weight excluding hydrogens is 497 g/mol. The summed E-state index contributed by atoms with van der Waals surface area (Å²) in [5, 5.41) is 9.86. The van der Waals surface area contributed by atoms with E-state index in [9.17, 15) is 14.3 Å². The molecule has 1 aromatic heterocycles. The van der Waals surface area contributed by atoms with Crippen LogP contribution in [0.5, 0.6) is 6.01 Å². The average molecular weight is 519 g/mol. The Bertz CT molecular complexity index is 970. The summed E-state index contributed by atoms with van der Waals surface area (Å²) >= 11 is 9.35. The normalized spacial score (nSPS) is 17.9. The molecule has 12 heteroatoms. The summed E-state index contributed by atoms with van der Waals surface area (Å²) in [6.45, 7) is 5.57. The summed E-state index contributed by atoms with van der Waals surface area (Å²) in [6.07, 6.45) is -0.961. The van der Waals surface area contributed by atoms with Crippen molar-refractivity contribution in [2.75, 3.05) is 70.5 Å². The van der Waals surface area contributed by atoms with Crippen molar-refractivity contribution < 1.29 is 23.8 Å². The van der Waals surface area contributed by atoms with Gasteiger partial charge >= 0.3 is 12.1 Å². The van der Waals surface area contributed by atoms with E-state index < -0.39 is 11.9 Å². The summed E-state index contributed by atoms with van der Waals surface area (Å²) in [6, 6.07) is 1.69. The lowest BCUT2D eigenvalue weighted by Crippen LogP contribution is -2.48. The molecule has 0 spiro atoms. The molecule has 1 amide bonds. The number of carboxylic acid groups (broad SMARTS) is 1. The van der Waals surface area contributed by atoms with Gasteiger partial charge in [-0.25, -0.2) is 9.18 Å². The van der Waals surface area contributed by atoms with Crippen molar-refractivity contribution >= 4 is 50.3 Å². The Balaban J connectivity index is 1.60. The molecular formula is C19H22BrClFN5O4. The Hall–Kier alpha value is -1.95. The second kappa shape index (κ2) is 9.68. The van der Waals surface area contributed by atoms with Gasteiger partial charge in [0.15, 0.2) is 5.82 Å². The Morgan fingerprint density at radius 2 is 1.94 bits per heavy atom. The van der Waals surface area contributed by atoms with Crippen LogP contribution in [0.25, 0.3) is 10.9 Å². The summed E-state index contributed by atoms with van der Waals surface area (Å²) in [4.78, 5) is 25.5. The van der Waals surface area contributed by atoms with E-state index in [0.717, 1.165) is 13.1 Å². The van der Waals surface area contributed by atoms with Crippen LogP contribution in [0.1, 0.15) is 0 Å². The number of morpholine rings is 1. The topological polar surface area (TPSA) is 91.3 Å². The molecule has 1 N–H and O–H groups in total.